The number of hydrogen-bond acceptors (Lipinski definition) is 6. The number of nitrogens with zero attached hydrogens (tertiary/aromatic N) is 3. The minimum Gasteiger partial charge on any atom is -0.505 e. The van der Waals surface area contributed by atoms with Gasteiger partial charge in [-0.2, -0.15) is 17.6 Å². The summed E-state index contributed by atoms with van der Waals surface area (Å²) in [7, 11) is 2.51. The van der Waals surface area contributed by atoms with Gasteiger partial charge >= 0.3 is 6.18 Å². The third kappa shape index (κ3) is 4.78. The van der Waals surface area contributed by atoms with E-state index < -0.39 is 29.0 Å². The largest absolute Gasteiger partial charge is 0.505 e. The van der Waals surface area contributed by atoms with Crippen molar-refractivity contribution in [2.75, 3.05) is 20.7 Å². The number of hydrogen-bond donors (Lipinski definition) is 3. The molecule has 138 valence electrons. The summed E-state index contributed by atoms with van der Waals surface area (Å²) in [5.41, 5.74) is 3.09. The molecule has 0 atom stereocenters. The van der Waals surface area contributed by atoms with Crippen molar-refractivity contribution in [3.63, 3.8) is 0 Å². The molecule has 0 spiro atoms. The first-order valence-electron chi connectivity index (χ1n) is 6.88. The number of alkyl halides is 3. The van der Waals surface area contributed by atoms with Crippen molar-refractivity contribution >= 4 is 36.1 Å². The fourth-order valence-electron chi connectivity index (χ4n) is 1.82. The fourth-order valence-corrected chi connectivity index (χ4v) is 1.98. The van der Waals surface area contributed by atoms with Crippen molar-refractivity contribution in [2.45, 2.75) is 13.1 Å². The molecule has 7 nitrogen and oxygen atoms in total. The number of amides is 1. The van der Waals surface area contributed by atoms with Crippen molar-refractivity contribution in [1.82, 2.24) is 4.90 Å². The fraction of sp³-hybridized carbons (Fsp3) is 0.357. The molecule has 25 heavy (non-hydrogen) atoms. The first-order valence-corrected chi connectivity index (χ1v) is 7.28. The monoisotopic (exact) mass is 378 g/mol. The maximum atomic E-state index is 13.1. The number of ether oxygens (including phenoxy) is 1. The van der Waals surface area contributed by atoms with E-state index in [1.54, 1.807) is 6.92 Å². The number of rotatable bonds is 3. The summed E-state index contributed by atoms with van der Waals surface area (Å²) in [5.74, 6) is -2.49. The number of nitrogens with two attached hydrogens (primary N) is 1. The Kier molecular flexibility index (Phi) is 6.68. The third-order valence-corrected chi connectivity index (χ3v) is 3.10. The molecular formula is C14H17F3N4O3S. The van der Waals surface area contributed by atoms with Gasteiger partial charge < -0.3 is 20.5 Å². The average Bonchev–Trinajstić information content (AvgIpc) is 2.52. The van der Waals surface area contributed by atoms with Gasteiger partial charge in [0.05, 0.1) is 17.7 Å². The minimum absolute atomic E-state index is 0.175. The number of carbonyl (C=O) groups is 1. The van der Waals surface area contributed by atoms with Crippen LogP contribution in [0.5, 0.6) is 5.75 Å². The standard InChI is InChI=1S/C14H17F3N4O3S/c1-4-24-12(20-25)11(18)19-8-6-5-7(14(15,16)17)9(10(8)22)13(23)21(2)3/h5-6,22,25H,4H2,1-3H3,(H2,18,19)/b20-12+. The highest BCUT2D eigenvalue weighted by Crippen LogP contribution is 2.40. The van der Waals surface area contributed by atoms with Crippen molar-refractivity contribution in [3.8, 4) is 5.75 Å². The van der Waals surface area contributed by atoms with E-state index in [4.69, 9.17) is 10.5 Å². The van der Waals surface area contributed by atoms with E-state index in [1.165, 1.54) is 14.1 Å². The van der Waals surface area contributed by atoms with Crippen molar-refractivity contribution < 1.29 is 27.8 Å². The molecule has 0 aromatic heterocycles. The molecule has 0 fully saturated rings. The van der Waals surface area contributed by atoms with Crippen LogP contribution in [0, 0.1) is 0 Å². The summed E-state index contributed by atoms with van der Waals surface area (Å²) >= 11 is 3.65. The summed E-state index contributed by atoms with van der Waals surface area (Å²) in [6.07, 6.45) is -4.84. The predicted octanol–water partition coefficient (Wildman–Crippen LogP) is 2.38. The topological polar surface area (TPSA) is 101 Å². The molecule has 0 aliphatic heterocycles. The lowest BCUT2D eigenvalue weighted by Gasteiger charge is -2.18. The van der Waals surface area contributed by atoms with Crippen LogP contribution in [0.3, 0.4) is 0 Å². The number of carbonyl (C=O) groups excluding carboxylic acids is 1. The highest BCUT2D eigenvalue weighted by molar-refractivity contribution is 7.79. The smallest absolute Gasteiger partial charge is 0.417 e. The molecule has 0 aliphatic rings. The number of thiol groups is 1. The quantitative estimate of drug-likeness (QED) is 0.427. The van der Waals surface area contributed by atoms with Crippen LogP contribution in [0.2, 0.25) is 0 Å². The van der Waals surface area contributed by atoms with Crippen molar-refractivity contribution in [3.05, 3.63) is 23.3 Å². The van der Waals surface area contributed by atoms with Crippen LogP contribution in [0.4, 0.5) is 18.9 Å². The Morgan fingerprint density at radius 1 is 1.40 bits per heavy atom. The number of amidine groups is 1. The van der Waals surface area contributed by atoms with Crippen LogP contribution in [-0.2, 0) is 10.9 Å². The van der Waals surface area contributed by atoms with E-state index in [2.05, 4.69) is 22.2 Å². The maximum absolute atomic E-state index is 13.1. The van der Waals surface area contributed by atoms with Gasteiger partial charge in [-0.15, -0.1) is 0 Å². The second kappa shape index (κ2) is 8.10. The van der Waals surface area contributed by atoms with Crippen LogP contribution >= 0.6 is 12.8 Å². The molecule has 0 saturated heterocycles. The predicted molar refractivity (Wildman–Crippen MR) is 90.5 cm³/mol. The third-order valence-electron chi connectivity index (χ3n) is 2.91. The summed E-state index contributed by atoms with van der Waals surface area (Å²) in [6, 6.07) is 1.53. The lowest BCUT2D eigenvalue weighted by atomic mass is 10.0. The van der Waals surface area contributed by atoms with Gasteiger partial charge in [0.25, 0.3) is 11.8 Å². The number of halogens is 3. The van der Waals surface area contributed by atoms with Gasteiger partial charge in [-0.3, -0.25) is 4.79 Å². The molecule has 0 heterocycles. The van der Waals surface area contributed by atoms with Crippen LogP contribution in [0.15, 0.2) is 21.5 Å². The molecule has 0 saturated carbocycles. The van der Waals surface area contributed by atoms with Gasteiger partial charge in [-0.1, -0.05) is 0 Å². The van der Waals surface area contributed by atoms with Gasteiger partial charge in [0.15, 0.2) is 11.6 Å². The molecule has 0 aliphatic carbocycles. The van der Waals surface area contributed by atoms with E-state index >= 15 is 0 Å². The number of phenols is 1. The first-order chi connectivity index (χ1) is 11.5. The van der Waals surface area contributed by atoms with Crippen molar-refractivity contribution in [2.24, 2.45) is 15.1 Å². The summed E-state index contributed by atoms with van der Waals surface area (Å²) in [5, 5.41) is 10.2. The van der Waals surface area contributed by atoms with Crippen LogP contribution in [0.1, 0.15) is 22.8 Å². The SMILES string of the molecule is CCO/C(=N/S)C(N)=Nc1ccc(C(F)(F)F)c(C(=O)N(C)C)c1O. The lowest BCUT2D eigenvalue weighted by Crippen LogP contribution is -2.26. The zero-order valence-corrected chi connectivity index (χ0v) is 14.5. The molecule has 0 radical (unpaired) electrons. The second-order valence-corrected chi connectivity index (χ2v) is 5.09. The molecule has 11 heteroatoms. The summed E-state index contributed by atoms with van der Waals surface area (Å²) < 4.78 is 47.9. The molecule has 0 bridgehead atoms. The Labute approximate surface area is 147 Å². The molecule has 1 aromatic carbocycles. The Bertz CT molecular complexity index is 718. The summed E-state index contributed by atoms with van der Waals surface area (Å²) in [4.78, 5) is 16.8. The van der Waals surface area contributed by atoms with E-state index in [9.17, 15) is 23.1 Å². The highest BCUT2D eigenvalue weighted by Gasteiger charge is 2.38. The van der Waals surface area contributed by atoms with Crippen LogP contribution < -0.4 is 5.73 Å². The van der Waals surface area contributed by atoms with Gasteiger partial charge in [0.1, 0.15) is 5.69 Å². The lowest BCUT2D eigenvalue weighted by molar-refractivity contribution is -0.138. The Balaban J connectivity index is 3.57. The van der Waals surface area contributed by atoms with E-state index in [0.717, 1.165) is 11.0 Å². The number of aromatic hydroxyl groups is 1. The van der Waals surface area contributed by atoms with Crippen LogP contribution in [-0.4, -0.2) is 48.3 Å². The summed E-state index contributed by atoms with van der Waals surface area (Å²) in [6.45, 7) is 1.84. The molecule has 1 amide bonds. The van der Waals surface area contributed by atoms with E-state index in [1.807, 2.05) is 0 Å². The van der Waals surface area contributed by atoms with Gasteiger partial charge in [0.2, 0.25) is 0 Å². The van der Waals surface area contributed by atoms with E-state index in [0.29, 0.717) is 6.07 Å². The number of benzene rings is 1. The molecule has 3 N–H and O–H groups in total. The maximum Gasteiger partial charge on any atom is 0.417 e. The van der Waals surface area contributed by atoms with E-state index in [-0.39, 0.29) is 24.0 Å². The molecule has 0 unspecified atom stereocenters. The highest BCUT2D eigenvalue weighted by atomic mass is 32.1. The molecule has 1 aromatic rings. The van der Waals surface area contributed by atoms with Gasteiger partial charge in [0, 0.05) is 14.1 Å². The Morgan fingerprint density at radius 3 is 2.44 bits per heavy atom. The molecular weight excluding hydrogens is 361 g/mol. The van der Waals surface area contributed by atoms with Crippen LogP contribution in [0.25, 0.3) is 0 Å². The second-order valence-electron chi connectivity index (χ2n) is 4.89. The van der Waals surface area contributed by atoms with Crippen molar-refractivity contribution in [1.29, 1.82) is 0 Å². The molecule has 1 rings (SSSR count). The average molecular weight is 378 g/mol. The Morgan fingerprint density at radius 2 is 2.00 bits per heavy atom. The zero-order chi connectivity index (χ0) is 19.4. The minimum atomic E-state index is -4.84. The van der Waals surface area contributed by atoms with Gasteiger partial charge in [-0.25, -0.2) is 4.99 Å². The zero-order valence-electron chi connectivity index (χ0n) is 13.6. The number of phenolic OH excluding ortho intramolecular Hbond substituents is 1. The Hall–Kier alpha value is -2.43. The normalized spacial score (nSPS) is 12.9. The number of aliphatic imine (C=N–C) groups is 1. The first kappa shape index (κ1) is 20.6. The van der Waals surface area contributed by atoms with Gasteiger partial charge in [-0.05, 0) is 31.9 Å².